The van der Waals surface area contributed by atoms with E-state index in [1.54, 1.807) is 6.92 Å². The summed E-state index contributed by atoms with van der Waals surface area (Å²) >= 11 is 5.92. The summed E-state index contributed by atoms with van der Waals surface area (Å²) in [5.41, 5.74) is 5.22. The molecule has 5 heteroatoms. The SMILES string of the molecule is COC(=O)C(C)CSC(N)=S. The Morgan fingerprint density at radius 1 is 1.82 bits per heavy atom. The first-order chi connectivity index (χ1) is 5.07. The Bertz CT molecular complexity index is 161. The zero-order valence-corrected chi connectivity index (χ0v) is 8.13. The number of thioether (sulfide) groups is 1. The molecule has 0 amide bonds. The summed E-state index contributed by atoms with van der Waals surface area (Å²) in [7, 11) is 1.37. The molecule has 0 aliphatic heterocycles. The van der Waals surface area contributed by atoms with Crippen LogP contribution >= 0.6 is 24.0 Å². The van der Waals surface area contributed by atoms with Gasteiger partial charge in [0.1, 0.15) is 4.32 Å². The Morgan fingerprint density at radius 3 is 2.73 bits per heavy atom. The molecule has 0 aromatic rings. The standard InChI is InChI=1S/C6H11NO2S2/c1-4(5(8)9-2)3-11-6(7)10/h4H,3H2,1-2H3,(H2,7,10). The van der Waals surface area contributed by atoms with Gasteiger partial charge < -0.3 is 10.5 Å². The van der Waals surface area contributed by atoms with Crippen molar-refractivity contribution in [2.75, 3.05) is 12.9 Å². The van der Waals surface area contributed by atoms with Crippen LogP contribution in [0, 0.1) is 5.92 Å². The minimum absolute atomic E-state index is 0.147. The zero-order chi connectivity index (χ0) is 8.85. The van der Waals surface area contributed by atoms with E-state index in [1.807, 2.05) is 0 Å². The molecule has 0 rings (SSSR count). The highest BCUT2D eigenvalue weighted by atomic mass is 32.2. The van der Waals surface area contributed by atoms with Crippen molar-refractivity contribution in [3.05, 3.63) is 0 Å². The maximum atomic E-state index is 10.8. The summed E-state index contributed by atoms with van der Waals surface area (Å²) in [6.45, 7) is 1.77. The van der Waals surface area contributed by atoms with Gasteiger partial charge in [-0.1, -0.05) is 30.9 Å². The number of thiocarbonyl (C=S) groups is 1. The van der Waals surface area contributed by atoms with E-state index in [9.17, 15) is 4.79 Å². The van der Waals surface area contributed by atoms with Gasteiger partial charge >= 0.3 is 5.97 Å². The van der Waals surface area contributed by atoms with Crippen molar-refractivity contribution in [1.29, 1.82) is 0 Å². The van der Waals surface area contributed by atoms with E-state index < -0.39 is 0 Å². The van der Waals surface area contributed by atoms with Crippen molar-refractivity contribution in [2.24, 2.45) is 11.7 Å². The molecule has 0 saturated heterocycles. The highest BCUT2D eigenvalue weighted by Crippen LogP contribution is 2.08. The molecule has 1 unspecified atom stereocenters. The second-order valence-electron chi connectivity index (χ2n) is 2.05. The molecule has 0 aromatic heterocycles. The maximum absolute atomic E-state index is 10.8. The molecule has 0 aromatic carbocycles. The van der Waals surface area contributed by atoms with Gasteiger partial charge in [0.2, 0.25) is 0 Å². The molecule has 3 nitrogen and oxygen atoms in total. The highest BCUT2D eigenvalue weighted by Gasteiger charge is 2.12. The molecule has 0 bridgehead atoms. The largest absolute Gasteiger partial charge is 0.469 e. The summed E-state index contributed by atoms with van der Waals surface area (Å²) in [6, 6.07) is 0. The third kappa shape index (κ3) is 5.03. The van der Waals surface area contributed by atoms with Crippen LogP contribution in [0.25, 0.3) is 0 Å². The average Bonchev–Trinajstić information content (AvgIpc) is 1.98. The lowest BCUT2D eigenvalue weighted by molar-refractivity contribution is -0.143. The molecule has 0 heterocycles. The van der Waals surface area contributed by atoms with Gasteiger partial charge in [0, 0.05) is 5.75 Å². The van der Waals surface area contributed by atoms with Crippen molar-refractivity contribution in [1.82, 2.24) is 0 Å². The van der Waals surface area contributed by atoms with Crippen molar-refractivity contribution in [3.63, 3.8) is 0 Å². The van der Waals surface area contributed by atoms with Crippen LogP contribution in [0.1, 0.15) is 6.92 Å². The van der Waals surface area contributed by atoms with E-state index in [-0.39, 0.29) is 11.9 Å². The van der Waals surface area contributed by atoms with Crippen LogP contribution in [0.2, 0.25) is 0 Å². The predicted molar refractivity (Wildman–Crippen MR) is 50.4 cm³/mol. The van der Waals surface area contributed by atoms with Crippen molar-refractivity contribution < 1.29 is 9.53 Å². The van der Waals surface area contributed by atoms with Gasteiger partial charge in [-0.15, -0.1) is 0 Å². The predicted octanol–water partition coefficient (Wildman–Crippen LogP) is 0.772. The molecule has 1 atom stereocenters. The zero-order valence-electron chi connectivity index (χ0n) is 6.49. The summed E-state index contributed by atoms with van der Waals surface area (Å²) < 4.78 is 4.87. The minimum Gasteiger partial charge on any atom is -0.469 e. The number of methoxy groups -OCH3 is 1. The molecular formula is C6H11NO2S2. The van der Waals surface area contributed by atoms with E-state index in [2.05, 4.69) is 17.0 Å². The first kappa shape index (κ1) is 10.7. The van der Waals surface area contributed by atoms with Crippen molar-refractivity contribution in [2.45, 2.75) is 6.92 Å². The fourth-order valence-electron chi connectivity index (χ4n) is 0.476. The molecule has 2 N–H and O–H groups in total. The van der Waals surface area contributed by atoms with Gasteiger partial charge in [0.05, 0.1) is 13.0 Å². The van der Waals surface area contributed by atoms with Gasteiger partial charge in [-0.3, -0.25) is 4.79 Å². The van der Waals surface area contributed by atoms with Crippen LogP contribution in [-0.4, -0.2) is 23.2 Å². The molecule has 11 heavy (non-hydrogen) atoms. The van der Waals surface area contributed by atoms with Crippen LogP contribution in [0.3, 0.4) is 0 Å². The van der Waals surface area contributed by atoms with Crippen LogP contribution in [0.15, 0.2) is 0 Å². The van der Waals surface area contributed by atoms with Gasteiger partial charge in [-0.05, 0) is 0 Å². The fourth-order valence-corrected chi connectivity index (χ4v) is 1.23. The van der Waals surface area contributed by atoms with Crippen LogP contribution in [-0.2, 0) is 9.53 Å². The summed E-state index contributed by atoms with van der Waals surface area (Å²) in [4.78, 5) is 10.8. The topological polar surface area (TPSA) is 52.3 Å². The molecule has 0 saturated carbocycles. The van der Waals surface area contributed by atoms with Crippen LogP contribution in [0.4, 0.5) is 0 Å². The first-order valence-corrected chi connectivity index (χ1v) is 4.47. The van der Waals surface area contributed by atoms with Crippen molar-refractivity contribution in [3.8, 4) is 0 Å². The molecule has 0 aliphatic rings. The number of esters is 1. The molecule has 64 valence electrons. The lowest BCUT2D eigenvalue weighted by atomic mass is 10.2. The first-order valence-electron chi connectivity index (χ1n) is 3.08. The molecular weight excluding hydrogens is 182 g/mol. The number of hydrogen-bond donors (Lipinski definition) is 1. The third-order valence-electron chi connectivity index (χ3n) is 1.08. The molecule has 0 fully saturated rings. The average molecular weight is 193 g/mol. The number of rotatable bonds is 3. The van der Waals surface area contributed by atoms with Crippen LogP contribution in [0.5, 0.6) is 0 Å². The van der Waals surface area contributed by atoms with Gasteiger partial charge in [0.15, 0.2) is 0 Å². The van der Waals surface area contributed by atoms with Crippen LogP contribution < -0.4 is 5.73 Å². The monoisotopic (exact) mass is 193 g/mol. The Kier molecular flexibility index (Phi) is 5.23. The smallest absolute Gasteiger partial charge is 0.309 e. The quantitative estimate of drug-likeness (QED) is 0.530. The lowest BCUT2D eigenvalue weighted by Gasteiger charge is -2.06. The highest BCUT2D eigenvalue weighted by molar-refractivity contribution is 8.22. The Labute approximate surface area is 75.7 Å². The second kappa shape index (κ2) is 5.37. The second-order valence-corrected chi connectivity index (χ2v) is 3.81. The summed E-state index contributed by atoms with van der Waals surface area (Å²) in [5, 5.41) is 0. The fraction of sp³-hybridized carbons (Fsp3) is 0.667. The van der Waals surface area contributed by atoms with E-state index >= 15 is 0 Å². The summed E-state index contributed by atoms with van der Waals surface area (Å²) in [5.74, 6) is 0.211. The van der Waals surface area contributed by atoms with E-state index in [0.717, 1.165) is 0 Å². The number of ether oxygens (including phenoxy) is 1. The Balaban J connectivity index is 3.60. The Hall–Kier alpha value is -0.290. The Morgan fingerprint density at radius 2 is 2.36 bits per heavy atom. The van der Waals surface area contributed by atoms with Gasteiger partial charge in [-0.25, -0.2) is 0 Å². The normalized spacial score (nSPS) is 12.2. The lowest BCUT2D eigenvalue weighted by Crippen LogP contribution is -2.17. The van der Waals surface area contributed by atoms with E-state index in [0.29, 0.717) is 10.1 Å². The minimum atomic E-state index is -0.228. The number of carbonyl (C=O) groups excluding carboxylic acids is 1. The third-order valence-corrected chi connectivity index (χ3v) is 2.38. The van der Waals surface area contributed by atoms with Gasteiger partial charge in [-0.2, -0.15) is 0 Å². The van der Waals surface area contributed by atoms with Gasteiger partial charge in [0.25, 0.3) is 0 Å². The molecule has 0 spiro atoms. The molecule has 0 aliphatic carbocycles. The maximum Gasteiger partial charge on any atom is 0.309 e. The molecule has 0 radical (unpaired) electrons. The van der Waals surface area contributed by atoms with E-state index in [1.165, 1.54) is 18.9 Å². The number of carbonyl (C=O) groups is 1. The van der Waals surface area contributed by atoms with Crippen molar-refractivity contribution >= 4 is 34.3 Å². The number of nitrogens with two attached hydrogens (primary N) is 1. The summed E-state index contributed by atoms with van der Waals surface area (Å²) in [6.07, 6.45) is 0. The van der Waals surface area contributed by atoms with E-state index in [4.69, 9.17) is 5.73 Å². The number of hydrogen-bond acceptors (Lipinski definition) is 4.